The van der Waals surface area contributed by atoms with E-state index in [1.807, 2.05) is 29.5 Å². The third-order valence-electron chi connectivity index (χ3n) is 3.84. The van der Waals surface area contributed by atoms with Crippen molar-refractivity contribution in [3.63, 3.8) is 0 Å². The number of piperazine rings is 1. The molecule has 0 saturated carbocycles. The van der Waals surface area contributed by atoms with Gasteiger partial charge >= 0.3 is 0 Å². The number of carbonyl (C=O) groups excluding carboxylic acids is 1. The average molecular weight is 370 g/mol. The maximum atomic E-state index is 12.9. The highest BCUT2D eigenvalue weighted by Gasteiger charge is 2.28. The fourth-order valence-electron chi connectivity index (χ4n) is 2.61. The molecule has 124 valence electrons. The van der Waals surface area contributed by atoms with E-state index in [1.165, 1.54) is 11.5 Å². The molecule has 1 amide bonds. The maximum absolute atomic E-state index is 12.9. The second kappa shape index (κ2) is 7.74. The van der Waals surface area contributed by atoms with Gasteiger partial charge in [-0.2, -0.15) is 4.37 Å². The van der Waals surface area contributed by atoms with Gasteiger partial charge in [0, 0.05) is 26.2 Å². The van der Waals surface area contributed by atoms with Crippen LogP contribution in [0.5, 0.6) is 0 Å². The lowest BCUT2D eigenvalue weighted by Crippen LogP contribution is -2.48. The summed E-state index contributed by atoms with van der Waals surface area (Å²) in [6.45, 7) is 4.04. The molecule has 0 aromatic carbocycles. The average Bonchev–Trinajstić information content (AvgIpc) is 3.23. The van der Waals surface area contributed by atoms with Crippen LogP contribution in [0.25, 0.3) is 0 Å². The Bertz CT molecular complexity index is 627. The summed E-state index contributed by atoms with van der Waals surface area (Å²) in [5.41, 5.74) is 0.787. The zero-order valence-corrected chi connectivity index (χ0v) is 15.6. The molecule has 0 radical (unpaired) electrons. The highest BCUT2D eigenvalue weighted by molar-refractivity contribution is 8.01. The number of carbonyl (C=O) groups is 1. The molecule has 1 fully saturated rings. The molecule has 0 N–H and O–H groups in total. The number of nitrogens with zero attached hydrogens (tertiary/aromatic N) is 3. The van der Waals surface area contributed by atoms with Gasteiger partial charge < -0.3 is 9.32 Å². The minimum absolute atomic E-state index is 0.116. The first-order valence-corrected chi connectivity index (χ1v) is 10.6. The number of hydrogen-bond acceptors (Lipinski definition) is 7. The summed E-state index contributed by atoms with van der Waals surface area (Å²) >= 11 is 4.56. The lowest BCUT2D eigenvalue weighted by Gasteiger charge is -2.34. The first kappa shape index (κ1) is 16.9. The van der Waals surface area contributed by atoms with Crippen LogP contribution >= 0.6 is 35.1 Å². The van der Waals surface area contributed by atoms with Crippen LogP contribution in [0.1, 0.15) is 16.1 Å². The largest absolute Gasteiger partial charge is 0.468 e. The third-order valence-corrected chi connectivity index (χ3v) is 6.58. The van der Waals surface area contributed by atoms with Gasteiger partial charge in [0.15, 0.2) is 0 Å². The van der Waals surface area contributed by atoms with E-state index >= 15 is 0 Å². The molecule has 2 aromatic rings. The standard InChI is InChI=1S/C15H19N3O2S3/c1-21-13-12(15(22-2)23-16-13)14(19)18-7-5-17(6-8-18)10-11-4-3-9-20-11/h3-4,9H,5-8,10H2,1-2H3. The molecular weight excluding hydrogens is 350 g/mol. The highest BCUT2D eigenvalue weighted by atomic mass is 32.2. The Morgan fingerprint density at radius 3 is 2.70 bits per heavy atom. The van der Waals surface area contributed by atoms with Crippen molar-refractivity contribution in [1.29, 1.82) is 0 Å². The molecule has 0 atom stereocenters. The number of rotatable bonds is 5. The fourth-order valence-corrected chi connectivity index (χ4v) is 4.87. The Hall–Kier alpha value is -0.960. The highest BCUT2D eigenvalue weighted by Crippen LogP contribution is 2.33. The van der Waals surface area contributed by atoms with Gasteiger partial charge in [-0.15, -0.1) is 23.5 Å². The van der Waals surface area contributed by atoms with Gasteiger partial charge in [-0.05, 0) is 36.2 Å². The summed E-state index contributed by atoms with van der Waals surface area (Å²) in [5.74, 6) is 1.09. The summed E-state index contributed by atoms with van der Waals surface area (Å²) in [6.07, 6.45) is 5.67. The lowest BCUT2D eigenvalue weighted by molar-refractivity contribution is 0.0614. The minimum Gasteiger partial charge on any atom is -0.468 e. The van der Waals surface area contributed by atoms with E-state index in [0.29, 0.717) is 0 Å². The van der Waals surface area contributed by atoms with Crippen LogP contribution in [0.15, 0.2) is 32.0 Å². The molecule has 0 unspecified atom stereocenters. The monoisotopic (exact) mass is 369 g/mol. The van der Waals surface area contributed by atoms with E-state index in [1.54, 1.807) is 29.8 Å². The van der Waals surface area contributed by atoms with Crippen molar-refractivity contribution < 1.29 is 9.21 Å². The van der Waals surface area contributed by atoms with E-state index in [9.17, 15) is 4.79 Å². The van der Waals surface area contributed by atoms with E-state index in [2.05, 4.69) is 9.27 Å². The maximum Gasteiger partial charge on any atom is 0.258 e. The predicted octanol–water partition coefficient (Wildman–Crippen LogP) is 3.14. The SMILES string of the molecule is CSc1nsc(SC)c1C(=O)N1CCN(Cc2ccco2)CC1. The Labute approximate surface area is 148 Å². The molecule has 8 heteroatoms. The van der Waals surface area contributed by atoms with Gasteiger partial charge in [0.1, 0.15) is 10.8 Å². The van der Waals surface area contributed by atoms with E-state index < -0.39 is 0 Å². The van der Waals surface area contributed by atoms with Gasteiger partial charge in [0.25, 0.3) is 5.91 Å². The van der Waals surface area contributed by atoms with Crippen LogP contribution in [-0.4, -0.2) is 58.8 Å². The normalized spacial score (nSPS) is 16.0. The van der Waals surface area contributed by atoms with E-state index in [4.69, 9.17) is 4.42 Å². The molecule has 0 aliphatic carbocycles. The van der Waals surface area contributed by atoms with Gasteiger partial charge in [-0.25, -0.2) is 0 Å². The van der Waals surface area contributed by atoms with Crippen molar-refractivity contribution in [2.45, 2.75) is 15.8 Å². The summed E-state index contributed by atoms with van der Waals surface area (Å²) < 4.78 is 10.8. The van der Waals surface area contributed by atoms with Crippen molar-refractivity contribution in [3.8, 4) is 0 Å². The Morgan fingerprint density at radius 2 is 2.09 bits per heavy atom. The van der Waals surface area contributed by atoms with Crippen molar-refractivity contribution in [2.24, 2.45) is 0 Å². The first-order valence-electron chi connectivity index (χ1n) is 7.34. The van der Waals surface area contributed by atoms with Crippen LogP contribution in [0.2, 0.25) is 0 Å². The van der Waals surface area contributed by atoms with Crippen LogP contribution in [0, 0.1) is 0 Å². The molecule has 1 saturated heterocycles. The number of aromatic nitrogens is 1. The Balaban J connectivity index is 1.63. The predicted molar refractivity (Wildman–Crippen MR) is 95.6 cm³/mol. The number of hydrogen-bond donors (Lipinski definition) is 0. The molecule has 1 aliphatic heterocycles. The lowest BCUT2D eigenvalue weighted by atomic mass is 10.2. The molecule has 3 rings (SSSR count). The number of amides is 1. The topological polar surface area (TPSA) is 49.6 Å². The van der Waals surface area contributed by atoms with E-state index in [0.717, 1.165) is 53.3 Å². The second-order valence-corrected chi connectivity index (χ2v) is 7.85. The number of furan rings is 1. The van der Waals surface area contributed by atoms with Crippen molar-refractivity contribution in [1.82, 2.24) is 14.2 Å². The zero-order valence-electron chi connectivity index (χ0n) is 13.2. The summed E-state index contributed by atoms with van der Waals surface area (Å²) in [5, 5.41) is 0.849. The fraction of sp³-hybridized carbons (Fsp3) is 0.467. The smallest absolute Gasteiger partial charge is 0.258 e. The van der Waals surface area contributed by atoms with Crippen LogP contribution in [0.4, 0.5) is 0 Å². The number of thioether (sulfide) groups is 2. The van der Waals surface area contributed by atoms with Crippen LogP contribution < -0.4 is 0 Å². The molecule has 0 bridgehead atoms. The van der Waals surface area contributed by atoms with Gasteiger partial charge in [0.2, 0.25) is 0 Å². The van der Waals surface area contributed by atoms with Gasteiger partial charge in [-0.3, -0.25) is 9.69 Å². The van der Waals surface area contributed by atoms with Crippen molar-refractivity contribution >= 4 is 41.0 Å². The van der Waals surface area contributed by atoms with Crippen LogP contribution in [-0.2, 0) is 6.54 Å². The van der Waals surface area contributed by atoms with Crippen molar-refractivity contribution in [3.05, 3.63) is 29.7 Å². The minimum atomic E-state index is 0.116. The molecule has 23 heavy (non-hydrogen) atoms. The summed E-state index contributed by atoms with van der Waals surface area (Å²) in [6, 6.07) is 3.90. The zero-order chi connectivity index (χ0) is 16.2. The molecule has 5 nitrogen and oxygen atoms in total. The molecular formula is C15H19N3O2S3. The van der Waals surface area contributed by atoms with Gasteiger partial charge in [0.05, 0.1) is 22.6 Å². The second-order valence-electron chi connectivity index (χ2n) is 5.21. The molecule has 3 heterocycles. The summed E-state index contributed by atoms with van der Waals surface area (Å²) in [4.78, 5) is 17.1. The third kappa shape index (κ3) is 3.76. The quantitative estimate of drug-likeness (QED) is 0.755. The molecule has 2 aromatic heterocycles. The molecule has 1 aliphatic rings. The van der Waals surface area contributed by atoms with Crippen LogP contribution in [0.3, 0.4) is 0 Å². The van der Waals surface area contributed by atoms with Gasteiger partial charge in [-0.1, -0.05) is 0 Å². The first-order chi connectivity index (χ1) is 11.2. The van der Waals surface area contributed by atoms with E-state index in [-0.39, 0.29) is 5.91 Å². The molecule has 0 spiro atoms. The Kier molecular flexibility index (Phi) is 5.68. The van der Waals surface area contributed by atoms with Crippen molar-refractivity contribution in [2.75, 3.05) is 38.7 Å². The Morgan fingerprint density at radius 1 is 1.30 bits per heavy atom. The summed E-state index contributed by atoms with van der Waals surface area (Å²) in [7, 11) is 0.